The fraction of sp³-hybridized carbons (Fsp3) is 0.158. The van der Waals surface area contributed by atoms with Crippen molar-refractivity contribution in [1.29, 1.82) is 0 Å². The second kappa shape index (κ2) is 7.42. The van der Waals surface area contributed by atoms with Gasteiger partial charge in [-0.15, -0.1) is 0 Å². The molecule has 0 amide bonds. The molecule has 0 bridgehead atoms. The second-order valence-corrected chi connectivity index (χ2v) is 7.97. The van der Waals surface area contributed by atoms with Crippen molar-refractivity contribution in [2.75, 3.05) is 20.0 Å². The summed E-state index contributed by atoms with van der Waals surface area (Å²) >= 11 is 0. The first kappa shape index (κ1) is 18.9. The van der Waals surface area contributed by atoms with Gasteiger partial charge >= 0.3 is 0 Å². The van der Waals surface area contributed by atoms with Crippen LogP contribution in [0.5, 0.6) is 0 Å². The van der Waals surface area contributed by atoms with Crippen LogP contribution in [0, 0.1) is 5.82 Å². The Balaban J connectivity index is 2.12. The number of nitrogens with zero attached hydrogens (tertiary/aromatic N) is 2. The highest BCUT2D eigenvalue weighted by Gasteiger charge is 2.17. The van der Waals surface area contributed by atoms with Crippen molar-refractivity contribution in [3.05, 3.63) is 66.1 Å². The third-order valence-electron chi connectivity index (χ3n) is 3.92. The van der Waals surface area contributed by atoms with Crippen molar-refractivity contribution >= 4 is 15.6 Å². The SMILES string of the molecule is COCC(=O)c1cc(-c2ccc(S(C)(=O)=O)cc2)n(-c2ccc(F)cc2)n1. The summed E-state index contributed by atoms with van der Waals surface area (Å²) in [4.78, 5) is 12.4. The molecule has 0 spiro atoms. The zero-order valence-electron chi connectivity index (χ0n) is 14.7. The van der Waals surface area contributed by atoms with Gasteiger partial charge in [0.15, 0.2) is 9.84 Å². The quantitative estimate of drug-likeness (QED) is 0.607. The molecule has 0 unspecified atom stereocenters. The largest absolute Gasteiger partial charge is 0.376 e. The zero-order valence-corrected chi connectivity index (χ0v) is 15.5. The Morgan fingerprint density at radius 1 is 1.11 bits per heavy atom. The summed E-state index contributed by atoms with van der Waals surface area (Å²) in [5.74, 6) is -0.687. The average Bonchev–Trinajstić information content (AvgIpc) is 3.07. The summed E-state index contributed by atoms with van der Waals surface area (Å²) < 4.78 is 43.0. The van der Waals surface area contributed by atoms with Crippen molar-refractivity contribution in [3.8, 4) is 16.9 Å². The zero-order chi connectivity index (χ0) is 19.6. The van der Waals surface area contributed by atoms with Gasteiger partial charge in [-0.1, -0.05) is 12.1 Å². The number of carbonyl (C=O) groups excluding carboxylic acids is 1. The van der Waals surface area contributed by atoms with E-state index in [9.17, 15) is 17.6 Å². The van der Waals surface area contributed by atoms with Crippen molar-refractivity contribution in [2.45, 2.75) is 4.90 Å². The topological polar surface area (TPSA) is 78.3 Å². The maximum atomic E-state index is 13.3. The summed E-state index contributed by atoms with van der Waals surface area (Å²) in [6.45, 7) is -0.118. The Labute approximate surface area is 156 Å². The standard InChI is InChI=1S/C19H17FN2O4S/c1-26-12-19(23)17-11-18(13-3-9-16(10-4-13)27(2,24)25)22(21-17)15-7-5-14(20)6-8-15/h3-11H,12H2,1-2H3. The van der Waals surface area contributed by atoms with E-state index in [1.807, 2.05) is 0 Å². The van der Waals surface area contributed by atoms with Crippen LogP contribution in [0.15, 0.2) is 59.5 Å². The normalized spacial score (nSPS) is 11.5. The molecule has 0 N–H and O–H groups in total. The maximum absolute atomic E-state index is 13.3. The minimum atomic E-state index is -3.32. The van der Waals surface area contributed by atoms with Crippen LogP contribution >= 0.6 is 0 Å². The van der Waals surface area contributed by atoms with Crippen LogP contribution in [0.4, 0.5) is 4.39 Å². The van der Waals surface area contributed by atoms with Crippen LogP contribution < -0.4 is 0 Å². The van der Waals surface area contributed by atoms with E-state index >= 15 is 0 Å². The molecule has 3 aromatic rings. The number of carbonyl (C=O) groups is 1. The molecule has 0 radical (unpaired) electrons. The molecule has 0 saturated carbocycles. The lowest BCUT2D eigenvalue weighted by Crippen LogP contribution is -2.08. The number of Topliss-reactive ketones (excluding diaryl/α,β-unsaturated/α-hetero) is 1. The van der Waals surface area contributed by atoms with Gasteiger partial charge in [-0.25, -0.2) is 17.5 Å². The Kier molecular flexibility index (Phi) is 5.20. The lowest BCUT2D eigenvalue weighted by Gasteiger charge is -2.08. The molecule has 8 heteroatoms. The van der Waals surface area contributed by atoms with Gasteiger partial charge in [0.05, 0.1) is 16.3 Å². The molecular weight excluding hydrogens is 371 g/mol. The van der Waals surface area contributed by atoms with Crippen LogP contribution in [0.1, 0.15) is 10.5 Å². The predicted octanol–water partition coefficient (Wildman–Crippen LogP) is 2.91. The molecule has 0 aliphatic carbocycles. The van der Waals surface area contributed by atoms with E-state index in [1.54, 1.807) is 30.3 Å². The summed E-state index contributed by atoms with van der Waals surface area (Å²) in [6.07, 6.45) is 1.13. The number of rotatable bonds is 6. The fourth-order valence-electron chi connectivity index (χ4n) is 2.58. The average molecular weight is 388 g/mol. The first-order valence-corrected chi connectivity index (χ1v) is 9.87. The van der Waals surface area contributed by atoms with E-state index in [0.29, 0.717) is 16.9 Å². The van der Waals surface area contributed by atoms with Gasteiger partial charge in [0.2, 0.25) is 5.78 Å². The molecule has 0 atom stereocenters. The van der Waals surface area contributed by atoms with Gasteiger partial charge in [0.25, 0.3) is 0 Å². The van der Waals surface area contributed by atoms with Crippen LogP contribution in [-0.4, -0.2) is 44.0 Å². The first-order valence-electron chi connectivity index (χ1n) is 7.98. The molecule has 2 aromatic carbocycles. The van der Waals surface area contributed by atoms with Gasteiger partial charge in [0, 0.05) is 18.9 Å². The molecule has 0 saturated heterocycles. The van der Waals surface area contributed by atoms with Gasteiger partial charge in [-0.3, -0.25) is 4.79 Å². The monoisotopic (exact) mass is 388 g/mol. The number of benzene rings is 2. The minimum Gasteiger partial charge on any atom is -0.376 e. The third kappa shape index (κ3) is 4.12. The molecule has 27 heavy (non-hydrogen) atoms. The van der Waals surface area contributed by atoms with Gasteiger partial charge in [-0.2, -0.15) is 5.10 Å². The summed E-state index contributed by atoms with van der Waals surface area (Å²) in [6, 6.07) is 13.5. The van der Waals surface area contributed by atoms with Crippen molar-refractivity contribution < 1.29 is 22.3 Å². The summed E-state index contributed by atoms with van der Waals surface area (Å²) in [7, 11) is -1.90. The Bertz CT molecular complexity index is 1070. The van der Waals surface area contributed by atoms with E-state index in [4.69, 9.17) is 4.74 Å². The Morgan fingerprint density at radius 2 is 1.74 bits per heavy atom. The van der Waals surface area contributed by atoms with Gasteiger partial charge in [-0.05, 0) is 42.5 Å². The lowest BCUT2D eigenvalue weighted by atomic mass is 10.1. The number of aromatic nitrogens is 2. The molecule has 6 nitrogen and oxygen atoms in total. The Morgan fingerprint density at radius 3 is 2.30 bits per heavy atom. The number of sulfone groups is 1. The first-order chi connectivity index (χ1) is 12.8. The lowest BCUT2D eigenvalue weighted by molar-refractivity contribution is 0.0842. The Hall–Kier alpha value is -2.84. The summed E-state index contributed by atoms with van der Waals surface area (Å²) in [5.41, 5.74) is 2.00. The van der Waals surface area contributed by atoms with E-state index in [-0.39, 0.29) is 28.8 Å². The van der Waals surface area contributed by atoms with Crippen molar-refractivity contribution in [2.24, 2.45) is 0 Å². The highest BCUT2D eigenvalue weighted by atomic mass is 32.2. The van der Waals surface area contributed by atoms with Crippen LogP contribution in [0.2, 0.25) is 0 Å². The highest BCUT2D eigenvalue weighted by molar-refractivity contribution is 7.90. The molecule has 0 aliphatic heterocycles. The van der Waals surface area contributed by atoms with E-state index in [0.717, 1.165) is 6.26 Å². The smallest absolute Gasteiger partial charge is 0.208 e. The van der Waals surface area contributed by atoms with Crippen molar-refractivity contribution in [1.82, 2.24) is 9.78 Å². The number of methoxy groups -OCH3 is 1. The molecule has 0 aliphatic rings. The molecule has 1 heterocycles. The number of ketones is 1. The fourth-order valence-corrected chi connectivity index (χ4v) is 3.21. The molecule has 140 valence electrons. The third-order valence-corrected chi connectivity index (χ3v) is 5.05. The number of ether oxygens (including phenoxy) is 1. The van der Waals surface area contributed by atoms with E-state index in [2.05, 4.69) is 5.10 Å². The summed E-state index contributed by atoms with van der Waals surface area (Å²) in [5, 5.41) is 4.32. The van der Waals surface area contributed by atoms with E-state index < -0.39 is 9.84 Å². The minimum absolute atomic E-state index is 0.118. The van der Waals surface area contributed by atoms with Crippen molar-refractivity contribution in [3.63, 3.8) is 0 Å². The second-order valence-electron chi connectivity index (χ2n) is 5.96. The van der Waals surface area contributed by atoms with E-state index in [1.165, 1.54) is 36.1 Å². The molecule has 0 fully saturated rings. The number of halogens is 1. The number of hydrogen-bond acceptors (Lipinski definition) is 5. The molecular formula is C19H17FN2O4S. The van der Waals surface area contributed by atoms with Crippen LogP contribution in [0.25, 0.3) is 16.9 Å². The maximum Gasteiger partial charge on any atom is 0.208 e. The van der Waals surface area contributed by atoms with Gasteiger partial charge in [0.1, 0.15) is 18.1 Å². The number of hydrogen-bond donors (Lipinski definition) is 0. The highest BCUT2D eigenvalue weighted by Crippen LogP contribution is 2.26. The molecule has 1 aromatic heterocycles. The van der Waals surface area contributed by atoms with Gasteiger partial charge < -0.3 is 4.74 Å². The molecule has 3 rings (SSSR count). The van der Waals surface area contributed by atoms with Crippen LogP contribution in [0.3, 0.4) is 0 Å². The van der Waals surface area contributed by atoms with Crippen LogP contribution in [-0.2, 0) is 14.6 Å². The predicted molar refractivity (Wildman–Crippen MR) is 98.3 cm³/mol.